The van der Waals surface area contributed by atoms with Gasteiger partial charge in [-0.2, -0.15) is 0 Å². The van der Waals surface area contributed by atoms with Gasteiger partial charge in [-0.1, -0.05) is 6.07 Å². The van der Waals surface area contributed by atoms with E-state index in [1.54, 1.807) is 18.5 Å². The molecule has 1 unspecified atom stereocenters. The number of ether oxygens (including phenoxy) is 1. The standard InChI is InChI=1S/C31H26N6O3/c1-18-25-14-29(34-17-26(25)24-7-6-23(13-28(24)40-18)37-10-2-3-30(37)38)35-21-12-22(16-32-15-21)36-31(39)20-5-4-19-8-9-33-27(19)11-20/h4-9,11-18,33H,2-3,10H2,1H3,(H,34,35)(H,36,39). The molecule has 5 heterocycles. The summed E-state index contributed by atoms with van der Waals surface area (Å²) in [6.45, 7) is 2.74. The minimum atomic E-state index is -0.218. The molecule has 2 amide bonds. The third-order valence-electron chi connectivity index (χ3n) is 7.40. The van der Waals surface area contributed by atoms with Crippen LogP contribution in [0.25, 0.3) is 22.0 Å². The van der Waals surface area contributed by atoms with Crippen molar-refractivity contribution in [3.63, 3.8) is 0 Å². The molecule has 5 aromatic rings. The minimum Gasteiger partial charge on any atom is -0.485 e. The Balaban J connectivity index is 1.10. The minimum absolute atomic E-state index is 0.151. The molecular weight excluding hydrogens is 504 g/mol. The van der Waals surface area contributed by atoms with Crippen LogP contribution < -0.4 is 20.3 Å². The molecule has 1 saturated heterocycles. The van der Waals surface area contributed by atoms with Crippen molar-refractivity contribution in [3.8, 4) is 16.9 Å². The van der Waals surface area contributed by atoms with Gasteiger partial charge in [0.2, 0.25) is 5.91 Å². The number of rotatable bonds is 5. The Morgan fingerprint density at radius 1 is 1.02 bits per heavy atom. The van der Waals surface area contributed by atoms with Crippen LogP contribution in [0.5, 0.6) is 5.75 Å². The van der Waals surface area contributed by atoms with Crippen LogP contribution in [-0.2, 0) is 4.79 Å². The number of benzene rings is 2. The van der Waals surface area contributed by atoms with Crippen molar-refractivity contribution in [2.45, 2.75) is 25.9 Å². The van der Waals surface area contributed by atoms with Crippen molar-refractivity contribution >= 4 is 45.6 Å². The number of hydrogen-bond acceptors (Lipinski definition) is 6. The van der Waals surface area contributed by atoms with Crippen LogP contribution in [-0.4, -0.2) is 33.3 Å². The molecule has 2 aromatic carbocycles. The van der Waals surface area contributed by atoms with Gasteiger partial charge in [0.25, 0.3) is 5.91 Å². The van der Waals surface area contributed by atoms with E-state index in [2.05, 4.69) is 25.6 Å². The lowest BCUT2D eigenvalue weighted by Gasteiger charge is -2.28. The SMILES string of the molecule is CC1Oc2cc(N3CCCC3=O)ccc2-c2cnc(Nc3cncc(NC(=O)c4ccc5cc[nH]c5c4)c3)cc21. The predicted octanol–water partition coefficient (Wildman–Crippen LogP) is 6.20. The number of carbonyl (C=O) groups is 2. The maximum Gasteiger partial charge on any atom is 0.255 e. The smallest absolute Gasteiger partial charge is 0.255 e. The third-order valence-corrected chi connectivity index (χ3v) is 7.40. The van der Waals surface area contributed by atoms with Crippen molar-refractivity contribution in [2.24, 2.45) is 0 Å². The summed E-state index contributed by atoms with van der Waals surface area (Å²) < 4.78 is 6.27. The monoisotopic (exact) mass is 530 g/mol. The summed E-state index contributed by atoms with van der Waals surface area (Å²) in [7, 11) is 0. The second-order valence-corrected chi connectivity index (χ2v) is 10.1. The van der Waals surface area contributed by atoms with E-state index in [1.165, 1.54) is 0 Å². The number of nitrogens with zero attached hydrogens (tertiary/aromatic N) is 3. The van der Waals surface area contributed by atoms with E-state index < -0.39 is 0 Å². The molecule has 0 saturated carbocycles. The zero-order valence-corrected chi connectivity index (χ0v) is 21.8. The van der Waals surface area contributed by atoms with Gasteiger partial charge < -0.3 is 25.3 Å². The first-order valence-electron chi connectivity index (χ1n) is 13.2. The van der Waals surface area contributed by atoms with Crippen molar-refractivity contribution in [3.05, 3.63) is 90.5 Å². The first kappa shape index (κ1) is 23.9. The van der Waals surface area contributed by atoms with Crippen LogP contribution in [0.4, 0.5) is 22.9 Å². The lowest BCUT2D eigenvalue weighted by Crippen LogP contribution is -2.24. The summed E-state index contributed by atoms with van der Waals surface area (Å²) in [5.41, 5.74) is 6.54. The molecule has 0 spiro atoms. The molecule has 1 fully saturated rings. The molecule has 7 rings (SSSR count). The van der Waals surface area contributed by atoms with E-state index in [0.717, 1.165) is 52.0 Å². The average molecular weight is 531 g/mol. The van der Waals surface area contributed by atoms with E-state index in [4.69, 9.17) is 4.74 Å². The zero-order chi connectivity index (χ0) is 27.2. The summed E-state index contributed by atoms with van der Waals surface area (Å²) in [5.74, 6) is 1.32. The van der Waals surface area contributed by atoms with Crippen LogP contribution in [0.15, 0.2) is 79.4 Å². The van der Waals surface area contributed by atoms with Crippen LogP contribution in [0.1, 0.15) is 41.8 Å². The van der Waals surface area contributed by atoms with Gasteiger partial charge in [-0.05, 0) is 61.2 Å². The Hall–Kier alpha value is -5.18. The van der Waals surface area contributed by atoms with Crippen LogP contribution in [0, 0.1) is 0 Å². The highest BCUT2D eigenvalue weighted by Gasteiger charge is 2.27. The van der Waals surface area contributed by atoms with Crippen molar-refractivity contribution in [2.75, 3.05) is 22.1 Å². The van der Waals surface area contributed by atoms with Gasteiger partial charge in [0.05, 0.1) is 23.8 Å². The van der Waals surface area contributed by atoms with Gasteiger partial charge in [-0.3, -0.25) is 14.6 Å². The average Bonchev–Trinajstić information content (AvgIpc) is 3.61. The second-order valence-electron chi connectivity index (χ2n) is 10.1. The van der Waals surface area contributed by atoms with Gasteiger partial charge in [0.1, 0.15) is 17.7 Å². The molecule has 0 bridgehead atoms. The van der Waals surface area contributed by atoms with Crippen LogP contribution in [0.2, 0.25) is 0 Å². The van der Waals surface area contributed by atoms with E-state index >= 15 is 0 Å². The molecule has 2 aliphatic rings. The summed E-state index contributed by atoms with van der Waals surface area (Å²) >= 11 is 0. The maximum atomic E-state index is 12.8. The number of aromatic nitrogens is 3. The number of anilines is 4. The molecule has 3 aromatic heterocycles. The highest BCUT2D eigenvalue weighted by molar-refractivity contribution is 6.06. The molecule has 9 nitrogen and oxygen atoms in total. The largest absolute Gasteiger partial charge is 0.485 e. The number of aromatic amines is 1. The van der Waals surface area contributed by atoms with Gasteiger partial charge in [0.15, 0.2) is 0 Å². The normalized spacial score (nSPS) is 15.9. The number of carbonyl (C=O) groups excluding carboxylic acids is 2. The summed E-state index contributed by atoms with van der Waals surface area (Å²) in [4.78, 5) is 38.9. The van der Waals surface area contributed by atoms with Gasteiger partial charge >= 0.3 is 0 Å². The molecule has 198 valence electrons. The maximum absolute atomic E-state index is 12.8. The fourth-order valence-corrected chi connectivity index (χ4v) is 5.39. The number of fused-ring (bicyclic) bond motifs is 4. The molecule has 1 atom stereocenters. The van der Waals surface area contributed by atoms with E-state index in [0.29, 0.717) is 29.2 Å². The summed E-state index contributed by atoms with van der Waals surface area (Å²) in [6.07, 6.45) is 8.24. The quantitative estimate of drug-likeness (QED) is 0.249. The number of hydrogen-bond donors (Lipinski definition) is 3. The molecule has 0 radical (unpaired) electrons. The lowest BCUT2D eigenvalue weighted by molar-refractivity contribution is -0.117. The Labute approximate surface area is 230 Å². The summed E-state index contributed by atoms with van der Waals surface area (Å²) in [5, 5.41) is 7.26. The number of H-pyrrole nitrogens is 1. The molecule has 9 heteroatoms. The fraction of sp³-hybridized carbons (Fsp3) is 0.161. The lowest BCUT2D eigenvalue weighted by atomic mass is 9.94. The molecular formula is C31H26N6O3. The number of amides is 2. The van der Waals surface area contributed by atoms with Gasteiger partial charge in [-0.15, -0.1) is 0 Å². The van der Waals surface area contributed by atoms with Crippen molar-refractivity contribution < 1.29 is 14.3 Å². The number of nitrogens with one attached hydrogen (secondary N) is 3. The Kier molecular flexibility index (Phi) is 5.70. The van der Waals surface area contributed by atoms with Crippen molar-refractivity contribution in [1.29, 1.82) is 0 Å². The van der Waals surface area contributed by atoms with Crippen LogP contribution >= 0.6 is 0 Å². The first-order chi connectivity index (χ1) is 19.5. The fourth-order valence-electron chi connectivity index (χ4n) is 5.39. The zero-order valence-electron chi connectivity index (χ0n) is 21.8. The van der Waals surface area contributed by atoms with Gasteiger partial charge in [-0.25, -0.2) is 4.98 Å². The van der Waals surface area contributed by atoms with E-state index in [1.807, 2.05) is 72.7 Å². The highest BCUT2D eigenvalue weighted by Crippen LogP contribution is 2.44. The molecule has 0 aliphatic carbocycles. The van der Waals surface area contributed by atoms with Gasteiger partial charge in [0, 0.05) is 64.9 Å². The third kappa shape index (κ3) is 4.31. The van der Waals surface area contributed by atoms with E-state index in [9.17, 15) is 9.59 Å². The topological polar surface area (TPSA) is 112 Å². The summed E-state index contributed by atoms with van der Waals surface area (Å²) in [6, 6.07) is 17.2. The van der Waals surface area contributed by atoms with Crippen LogP contribution in [0.3, 0.4) is 0 Å². The molecule has 2 aliphatic heterocycles. The van der Waals surface area contributed by atoms with Crippen molar-refractivity contribution in [1.82, 2.24) is 15.0 Å². The highest BCUT2D eigenvalue weighted by atomic mass is 16.5. The Morgan fingerprint density at radius 2 is 1.93 bits per heavy atom. The predicted molar refractivity (Wildman–Crippen MR) is 154 cm³/mol. The molecule has 40 heavy (non-hydrogen) atoms. The Bertz CT molecular complexity index is 1800. The molecule has 3 N–H and O–H groups in total. The number of pyridine rings is 2. The first-order valence-corrected chi connectivity index (χ1v) is 13.2. The Morgan fingerprint density at radius 3 is 2.80 bits per heavy atom. The second kappa shape index (κ2) is 9.53. The van der Waals surface area contributed by atoms with E-state index in [-0.39, 0.29) is 17.9 Å².